The molecule has 2 amide bonds. The maximum Gasteiger partial charge on any atom is 0.337 e. The molecule has 19 heavy (non-hydrogen) atoms. The third-order valence-electron chi connectivity index (χ3n) is 3.22. The molecule has 0 bridgehead atoms. The highest BCUT2D eigenvalue weighted by atomic mass is 16.4. The number of rotatable bonds is 5. The summed E-state index contributed by atoms with van der Waals surface area (Å²) >= 11 is 0. The van der Waals surface area contributed by atoms with Gasteiger partial charge in [0.1, 0.15) is 0 Å². The van der Waals surface area contributed by atoms with Gasteiger partial charge in [-0.2, -0.15) is 0 Å². The number of carboxylic acid groups (broad SMARTS) is 1. The highest BCUT2D eigenvalue weighted by Gasteiger charge is 2.37. The van der Waals surface area contributed by atoms with Crippen LogP contribution >= 0.6 is 0 Å². The maximum absolute atomic E-state index is 11.8. The number of nitrogens with zero attached hydrogens (tertiary/aromatic N) is 1. The molecule has 7 nitrogen and oxygen atoms in total. The van der Waals surface area contributed by atoms with Crippen LogP contribution in [0.5, 0.6) is 0 Å². The topological polar surface area (TPSA) is 107 Å². The van der Waals surface area contributed by atoms with Crippen molar-refractivity contribution in [1.29, 1.82) is 0 Å². The summed E-state index contributed by atoms with van der Waals surface area (Å²) < 4.78 is 0. The van der Waals surface area contributed by atoms with E-state index in [4.69, 9.17) is 5.11 Å². The van der Waals surface area contributed by atoms with E-state index in [1.807, 2.05) is 13.8 Å². The first-order chi connectivity index (χ1) is 8.65. The lowest BCUT2D eigenvalue weighted by Crippen LogP contribution is -2.48. The van der Waals surface area contributed by atoms with Crippen LogP contribution < -0.4 is 5.32 Å². The van der Waals surface area contributed by atoms with Crippen LogP contribution in [-0.4, -0.2) is 57.6 Å². The molecule has 0 aliphatic carbocycles. The Bertz CT molecular complexity index is 392. The second-order valence-electron chi connectivity index (χ2n) is 5.34. The number of nitrogens with one attached hydrogen (secondary N) is 1. The number of carbonyl (C=O) groups excluding carboxylic acids is 2. The molecule has 1 fully saturated rings. The summed E-state index contributed by atoms with van der Waals surface area (Å²) in [6, 6.07) is 0.0347. The van der Waals surface area contributed by atoms with Crippen molar-refractivity contribution in [3.63, 3.8) is 0 Å². The molecular weight excluding hydrogens is 252 g/mol. The summed E-state index contributed by atoms with van der Waals surface area (Å²) in [4.78, 5) is 35.8. The van der Waals surface area contributed by atoms with Gasteiger partial charge in [-0.05, 0) is 20.8 Å². The largest absolute Gasteiger partial charge is 0.479 e. The number of aliphatic hydroxyl groups is 1. The fourth-order valence-corrected chi connectivity index (χ4v) is 1.89. The molecule has 0 aromatic rings. The minimum absolute atomic E-state index is 0.0347. The number of amides is 2. The summed E-state index contributed by atoms with van der Waals surface area (Å²) in [5.74, 6) is -2.38. The molecule has 7 heteroatoms. The van der Waals surface area contributed by atoms with Crippen LogP contribution in [0.3, 0.4) is 0 Å². The van der Waals surface area contributed by atoms with E-state index in [2.05, 4.69) is 5.32 Å². The summed E-state index contributed by atoms with van der Waals surface area (Å²) in [7, 11) is 0. The Labute approximate surface area is 111 Å². The highest BCUT2D eigenvalue weighted by molar-refractivity contribution is 5.89. The van der Waals surface area contributed by atoms with Crippen molar-refractivity contribution in [1.82, 2.24) is 10.2 Å². The molecule has 1 aliphatic rings. The van der Waals surface area contributed by atoms with E-state index in [1.165, 1.54) is 0 Å². The number of carboxylic acids is 1. The van der Waals surface area contributed by atoms with E-state index < -0.39 is 23.4 Å². The van der Waals surface area contributed by atoms with E-state index in [1.54, 1.807) is 4.90 Å². The van der Waals surface area contributed by atoms with Crippen molar-refractivity contribution in [3.8, 4) is 0 Å². The van der Waals surface area contributed by atoms with Crippen molar-refractivity contribution in [2.75, 3.05) is 13.1 Å². The van der Waals surface area contributed by atoms with E-state index in [9.17, 15) is 19.5 Å². The van der Waals surface area contributed by atoms with Gasteiger partial charge in [0, 0.05) is 19.0 Å². The van der Waals surface area contributed by atoms with Crippen molar-refractivity contribution < 1.29 is 24.6 Å². The standard InChI is InChI=1S/C12H20N2O5/c1-7(2)14-5-8(4-9(14)15)10(16)13-6-12(3,19)11(17)18/h7-8,19H,4-6H2,1-3H3,(H,13,16)(H,17,18). The lowest BCUT2D eigenvalue weighted by molar-refractivity contribution is -0.156. The maximum atomic E-state index is 11.8. The smallest absolute Gasteiger partial charge is 0.337 e. The van der Waals surface area contributed by atoms with Gasteiger partial charge in [0.2, 0.25) is 11.8 Å². The molecule has 1 aliphatic heterocycles. The molecule has 0 aromatic carbocycles. The molecule has 2 atom stereocenters. The van der Waals surface area contributed by atoms with E-state index in [0.29, 0.717) is 6.54 Å². The Hall–Kier alpha value is -1.63. The minimum atomic E-state index is -2.00. The zero-order valence-electron chi connectivity index (χ0n) is 11.3. The van der Waals surface area contributed by atoms with Crippen molar-refractivity contribution in [3.05, 3.63) is 0 Å². The van der Waals surface area contributed by atoms with Crippen LogP contribution in [0.2, 0.25) is 0 Å². The zero-order chi connectivity index (χ0) is 14.8. The Morgan fingerprint density at radius 1 is 1.53 bits per heavy atom. The van der Waals surface area contributed by atoms with Gasteiger partial charge < -0.3 is 20.4 Å². The van der Waals surface area contributed by atoms with Gasteiger partial charge >= 0.3 is 5.97 Å². The van der Waals surface area contributed by atoms with Crippen molar-refractivity contribution >= 4 is 17.8 Å². The number of carbonyl (C=O) groups is 3. The molecule has 1 heterocycles. The Morgan fingerprint density at radius 2 is 2.11 bits per heavy atom. The summed E-state index contributed by atoms with van der Waals surface area (Å²) in [6.07, 6.45) is 0.124. The van der Waals surface area contributed by atoms with Crippen molar-refractivity contribution in [2.45, 2.75) is 38.8 Å². The molecule has 1 saturated heterocycles. The second kappa shape index (κ2) is 5.56. The first-order valence-electron chi connectivity index (χ1n) is 6.18. The Balaban J connectivity index is 2.53. The predicted octanol–water partition coefficient (Wildman–Crippen LogP) is -0.805. The molecule has 3 N–H and O–H groups in total. The van der Waals surface area contributed by atoms with E-state index in [-0.39, 0.29) is 24.9 Å². The van der Waals surface area contributed by atoms with Crippen molar-refractivity contribution in [2.24, 2.45) is 5.92 Å². The Morgan fingerprint density at radius 3 is 2.53 bits per heavy atom. The average Bonchev–Trinajstić information content (AvgIpc) is 2.68. The molecular formula is C12H20N2O5. The minimum Gasteiger partial charge on any atom is -0.479 e. The van der Waals surface area contributed by atoms with Gasteiger partial charge in [-0.3, -0.25) is 9.59 Å². The number of hydrogen-bond donors (Lipinski definition) is 3. The Kier molecular flexibility index (Phi) is 4.52. The molecule has 108 valence electrons. The molecule has 1 rings (SSSR count). The van der Waals surface area contributed by atoms with E-state index in [0.717, 1.165) is 6.92 Å². The number of aliphatic carboxylic acids is 1. The lowest BCUT2D eigenvalue weighted by atomic mass is 10.1. The van der Waals surface area contributed by atoms with Crippen LogP contribution in [0.1, 0.15) is 27.2 Å². The average molecular weight is 272 g/mol. The van der Waals surface area contributed by atoms with Gasteiger partial charge in [0.15, 0.2) is 5.60 Å². The van der Waals surface area contributed by atoms with Crippen LogP contribution in [0.25, 0.3) is 0 Å². The van der Waals surface area contributed by atoms with Crippen LogP contribution in [-0.2, 0) is 14.4 Å². The van der Waals surface area contributed by atoms with Gasteiger partial charge in [-0.15, -0.1) is 0 Å². The fraction of sp³-hybridized carbons (Fsp3) is 0.750. The summed E-state index contributed by atoms with van der Waals surface area (Å²) in [6.45, 7) is 4.79. The monoisotopic (exact) mass is 272 g/mol. The molecule has 0 saturated carbocycles. The molecule has 0 spiro atoms. The molecule has 2 unspecified atom stereocenters. The highest BCUT2D eigenvalue weighted by Crippen LogP contribution is 2.20. The molecule has 0 aromatic heterocycles. The number of hydrogen-bond acceptors (Lipinski definition) is 4. The van der Waals surface area contributed by atoms with E-state index >= 15 is 0 Å². The number of likely N-dealkylation sites (tertiary alicyclic amines) is 1. The molecule has 0 radical (unpaired) electrons. The predicted molar refractivity (Wildman–Crippen MR) is 66.2 cm³/mol. The van der Waals surface area contributed by atoms with Crippen LogP contribution in [0, 0.1) is 5.92 Å². The second-order valence-corrected chi connectivity index (χ2v) is 5.34. The fourth-order valence-electron chi connectivity index (χ4n) is 1.89. The van der Waals surface area contributed by atoms with Gasteiger partial charge in [-0.25, -0.2) is 4.79 Å². The normalized spacial score (nSPS) is 22.5. The van der Waals surface area contributed by atoms with Crippen LogP contribution in [0.15, 0.2) is 0 Å². The third kappa shape index (κ3) is 3.66. The van der Waals surface area contributed by atoms with Gasteiger partial charge in [-0.1, -0.05) is 0 Å². The first kappa shape index (κ1) is 15.4. The van der Waals surface area contributed by atoms with Gasteiger partial charge in [0.05, 0.1) is 12.5 Å². The summed E-state index contributed by atoms with van der Waals surface area (Å²) in [5.41, 5.74) is -2.00. The summed E-state index contributed by atoms with van der Waals surface area (Å²) in [5, 5.41) is 20.6. The quantitative estimate of drug-likeness (QED) is 0.607. The lowest BCUT2D eigenvalue weighted by Gasteiger charge is -2.22. The SMILES string of the molecule is CC(C)N1CC(C(=O)NCC(C)(O)C(=O)O)CC1=O. The third-order valence-corrected chi connectivity index (χ3v) is 3.22. The first-order valence-corrected chi connectivity index (χ1v) is 6.18. The zero-order valence-corrected chi connectivity index (χ0v) is 11.3. The van der Waals surface area contributed by atoms with Crippen LogP contribution in [0.4, 0.5) is 0 Å². The van der Waals surface area contributed by atoms with Gasteiger partial charge in [0.25, 0.3) is 0 Å².